The average Bonchev–Trinajstić information content (AvgIpc) is 3.02. The molecule has 0 N–H and O–H groups in total. The smallest absolute Gasteiger partial charge is 0.340 e. The van der Waals surface area contributed by atoms with E-state index in [1.807, 2.05) is 6.07 Å². The predicted molar refractivity (Wildman–Crippen MR) is 75.6 cm³/mol. The Bertz CT molecular complexity index is 831. The second-order valence-corrected chi connectivity index (χ2v) is 5.74. The molecule has 0 saturated heterocycles. The van der Waals surface area contributed by atoms with Crippen LogP contribution in [-0.2, 0) is 10.1 Å². The molecule has 0 atom stereocenters. The molecule has 2 aromatic heterocycles. The van der Waals surface area contributed by atoms with Crippen molar-refractivity contribution in [3.05, 3.63) is 67.5 Å². The first-order chi connectivity index (χ1) is 10.1. The summed E-state index contributed by atoms with van der Waals surface area (Å²) in [5, 5.41) is 0. The van der Waals surface area contributed by atoms with Crippen molar-refractivity contribution in [2.45, 2.75) is 4.90 Å². The highest BCUT2D eigenvalue weighted by atomic mass is 32.2. The highest BCUT2D eigenvalue weighted by molar-refractivity contribution is 7.87. The van der Waals surface area contributed by atoms with Gasteiger partial charge in [-0.1, -0.05) is 6.07 Å². The molecule has 0 saturated carbocycles. The van der Waals surface area contributed by atoms with E-state index in [9.17, 15) is 8.42 Å². The van der Waals surface area contributed by atoms with E-state index in [-0.39, 0.29) is 10.6 Å². The van der Waals surface area contributed by atoms with Crippen LogP contribution in [-0.4, -0.2) is 23.0 Å². The molecular weight excluding hydrogens is 290 g/mol. The first kappa shape index (κ1) is 13.3. The minimum absolute atomic E-state index is 0.0121. The predicted octanol–water partition coefficient (Wildman–Crippen LogP) is 2.04. The molecule has 0 aliphatic rings. The van der Waals surface area contributed by atoms with Gasteiger partial charge in [-0.3, -0.25) is 4.98 Å². The van der Waals surface area contributed by atoms with Gasteiger partial charge in [0.05, 0.1) is 12.0 Å². The molecule has 0 aliphatic carbocycles. The molecule has 0 unspecified atom stereocenters. The third-order valence-corrected chi connectivity index (χ3v) is 3.98. The van der Waals surface area contributed by atoms with Crippen LogP contribution in [0, 0.1) is 0 Å². The highest BCUT2D eigenvalue weighted by Gasteiger charge is 2.16. The van der Waals surface area contributed by atoms with Gasteiger partial charge in [0.2, 0.25) is 0 Å². The van der Waals surface area contributed by atoms with Crippen LogP contribution in [0.15, 0.2) is 72.4 Å². The molecule has 21 heavy (non-hydrogen) atoms. The van der Waals surface area contributed by atoms with E-state index in [0.29, 0.717) is 0 Å². The summed E-state index contributed by atoms with van der Waals surface area (Å²) in [5.41, 5.74) is 0.756. The molecule has 0 aliphatic heterocycles. The van der Waals surface area contributed by atoms with Crippen LogP contribution in [0.3, 0.4) is 0 Å². The fourth-order valence-electron chi connectivity index (χ4n) is 1.78. The van der Waals surface area contributed by atoms with Gasteiger partial charge >= 0.3 is 10.1 Å². The van der Waals surface area contributed by atoms with Crippen LogP contribution >= 0.6 is 0 Å². The molecule has 0 spiro atoms. The van der Waals surface area contributed by atoms with Gasteiger partial charge in [-0.2, -0.15) is 8.42 Å². The second-order valence-electron chi connectivity index (χ2n) is 4.19. The number of benzene rings is 1. The van der Waals surface area contributed by atoms with E-state index in [4.69, 9.17) is 4.18 Å². The van der Waals surface area contributed by atoms with Gasteiger partial charge < -0.3 is 8.75 Å². The topological polar surface area (TPSA) is 74.1 Å². The summed E-state index contributed by atoms with van der Waals surface area (Å²) in [7, 11) is -3.89. The van der Waals surface area contributed by atoms with E-state index >= 15 is 0 Å². The number of nitrogens with zero attached hydrogens (tertiary/aromatic N) is 3. The number of pyridine rings is 1. The van der Waals surface area contributed by atoms with Gasteiger partial charge in [-0.15, -0.1) is 0 Å². The van der Waals surface area contributed by atoms with Crippen LogP contribution in [0.1, 0.15) is 0 Å². The summed E-state index contributed by atoms with van der Waals surface area (Å²) in [6.07, 6.45) is 7.76. The summed E-state index contributed by atoms with van der Waals surface area (Å²) in [6.45, 7) is 0. The fraction of sp³-hybridized carbons (Fsp3) is 0. The van der Waals surface area contributed by atoms with Crippen molar-refractivity contribution in [3.8, 4) is 11.4 Å². The number of imidazole rings is 1. The largest absolute Gasteiger partial charge is 0.379 e. The molecule has 106 valence electrons. The lowest BCUT2D eigenvalue weighted by Gasteiger charge is -2.08. The third-order valence-electron chi connectivity index (χ3n) is 2.75. The minimum Gasteiger partial charge on any atom is -0.379 e. The Labute approximate surface area is 121 Å². The quantitative estimate of drug-likeness (QED) is 0.689. The average molecular weight is 301 g/mol. The van der Waals surface area contributed by atoms with Crippen molar-refractivity contribution in [2.24, 2.45) is 0 Å². The van der Waals surface area contributed by atoms with Crippen molar-refractivity contribution in [3.63, 3.8) is 0 Å². The van der Waals surface area contributed by atoms with Crippen molar-refractivity contribution >= 4 is 10.1 Å². The van der Waals surface area contributed by atoms with Gasteiger partial charge in [-0.25, -0.2) is 4.98 Å². The normalized spacial score (nSPS) is 11.2. The number of aromatic nitrogens is 3. The molecule has 3 rings (SSSR count). The van der Waals surface area contributed by atoms with Crippen LogP contribution in [0.25, 0.3) is 5.69 Å². The van der Waals surface area contributed by atoms with Gasteiger partial charge in [0.1, 0.15) is 10.6 Å². The van der Waals surface area contributed by atoms with Gasteiger partial charge in [-0.05, 0) is 24.3 Å². The van der Waals surface area contributed by atoms with E-state index in [2.05, 4.69) is 9.97 Å². The van der Waals surface area contributed by atoms with Crippen LogP contribution in [0.4, 0.5) is 0 Å². The molecule has 0 bridgehead atoms. The van der Waals surface area contributed by atoms with E-state index in [0.717, 1.165) is 5.69 Å². The lowest BCUT2D eigenvalue weighted by molar-refractivity contribution is 0.485. The molecular formula is C14H11N3O3S. The molecule has 7 heteroatoms. The Kier molecular flexibility index (Phi) is 3.41. The van der Waals surface area contributed by atoms with E-state index in [1.54, 1.807) is 41.5 Å². The number of hydrogen-bond acceptors (Lipinski definition) is 5. The Hall–Kier alpha value is -2.67. The maximum Gasteiger partial charge on any atom is 0.340 e. The Morgan fingerprint density at radius 1 is 1.05 bits per heavy atom. The summed E-state index contributed by atoms with van der Waals surface area (Å²) in [6, 6.07) is 9.71. The maximum atomic E-state index is 12.1. The fourth-order valence-corrected chi connectivity index (χ4v) is 2.67. The first-order valence-electron chi connectivity index (χ1n) is 6.08. The molecule has 1 aromatic carbocycles. The Morgan fingerprint density at radius 3 is 2.67 bits per heavy atom. The maximum absolute atomic E-state index is 12.1. The SMILES string of the molecule is O=S(=O)(Oc1cccc(-n2ccnc2)c1)c1cccnc1. The Balaban J connectivity index is 1.91. The minimum atomic E-state index is -3.89. The van der Waals surface area contributed by atoms with Crippen molar-refractivity contribution in [1.29, 1.82) is 0 Å². The van der Waals surface area contributed by atoms with Crippen LogP contribution in [0.2, 0.25) is 0 Å². The summed E-state index contributed by atoms with van der Waals surface area (Å²) >= 11 is 0. The zero-order chi connectivity index (χ0) is 14.7. The molecule has 3 aromatic rings. The summed E-state index contributed by atoms with van der Waals surface area (Å²) in [4.78, 5) is 7.74. The van der Waals surface area contributed by atoms with Crippen LogP contribution < -0.4 is 4.18 Å². The molecule has 2 heterocycles. The van der Waals surface area contributed by atoms with E-state index in [1.165, 1.54) is 24.5 Å². The molecule has 0 radical (unpaired) electrons. The van der Waals surface area contributed by atoms with Crippen LogP contribution in [0.5, 0.6) is 5.75 Å². The highest BCUT2D eigenvalue weighted by Crippen LogP contribution is 2.21. The monoisotopic (exact) mass is 301 g/mol. The van der Waals surface area contributed by atoms with Gasteiger partial charge in [0, 0.05) is 30.9 Å². The van der Waals surface area contributed by atoms with Crippen molar-refractivity contribution in [2.75, 3.05) is 0 Å². The number of rotatable bonds is 4. The zero-order valence-corrected chi connectivity index (χ0v) is 11.6. The third kappa shape index (κ3) is 2.92. The standard InChI is InChI=1S/C14H11N3O3S/c18-21(19,14-5-2-6-15-10-14)20-13-4-1-3-12(9-13)17-8-7-16-11-17/h1-11H. The zero-order valence-electron chi connectivity index (χ0n) is 10.8. The summed E-state index contributed by atoms with van der Waals surface area (Å²) in [5.74, 6) is 0.227. The first-order valence-corrected chi connectivity index (χ1v) is 7.49. The lowest BCUT2D eigenvalue weighted by Crippen LogP contribution is -2.10. The Morgan fingerprint density at radius 2 is 1.95 bits per heavy atom. The molecule has 0 amide bonds. The molecule has 0 fully saturated rings. The van der Waals surface area contributed by atoms with Crippen molar-refractivity contribution < 1.29 is 12.6 Å². The van der Waals surface area contributed by atoms with Gasteiger partial charge in [0.25, 0.3) is 0 Å². The molecule has 6 nitrogen and oxygen atoms in total. The van der Waals surface area contributed by atoms with Crippen molar-refractivity contribution in [1.82, 2.24) is 14.5 Å². The second kappa shape index (κ2) is 5.37. The number of hydrogen-bond donors (Lipinski definition) is 0. The summed E-state index contributed by atoms with van der Waals surface area (Å²) < 4.78 is 31.1. The lowest BCUT2D eigenvalue weighted by atomic mass is 10.3. The van der Waals surface area contributed by atoms with Gasteiger partial charge in [0.15, 0.2) is 0 Å². The van der Waals surface area contributed by atoms with E-state index < -0.39 is 10.1 Å².